The summed E-state index contributed by atoms with van der Waals surface area (Å²) in [7, 11) is 0. The lowest BCUT2D eigenvalue weighted by Crippen LogP contribution is -2.15. The fourth-order valence-electron chi connectivity index (χ4n) is 2.39. The molecule has 5 nitrogen and oxygen atoms in total. The maximum atomic E-state index is 12.2. The average molecular weight is 338 g/mol. The van der Waals surface area contributed by atoms with E-state index in [0.29, 0.717) is 5.75 Å². The quantitative estimate of drug-likeness (QED) is 0.722. The molecule has 0 fully saturated rings. The topological polar surface area (TPSA) is 59.8 Å². The zero-order valence-electron chi connectivity index (χ0n) is 13.6. The van der Waals surface area contributed by atoms with E-state index in [-0.39, 0.29) is 5.91 Å². The Bertz CT molecular complexity index is 831. The summed E-state index contributed by atoms with van der Waals surface area (Å²) >= 11 is 1.41. The highest BCUT2D eigenvalue weighted by molar-refractivity contribution is 7.99. The van der Waals surface area contributed by atoms with Gasteiger partial charge in [0.2, 0.25) is 5.91 Å². The number of pyridine rings is 1. The summed E-state index contributed by atoms with van der Waals surface area (Å²) in [6.07, 6.45) is 1.72. The van der Waals surface area contributed by atoms with Crippen LogP contribution in [0.25, 0.3) is 5.69 Å². The molecule has 0 atom stereocenters. The second-order valence-electron chi connectivity index (χ2n) is 5.30. The normalized spacial score (nSPS) is 10.6. The SMILES string of the molecule is Cc1nn(-c2ccccc2)c(C)c1NC(=O)CSc1ccccn1. The molecule has 1 amide bonds. The number of nitrogens with one attached hydrogen (secondary N) is 1. The first-order valence-electron chi connectivity index (χ1n) is 7.60. The molecule has 1 N–H and O–H groups in total. The number of hydrogen-bond donors (Lipinski definition) is 1. The largest absolute Gasteiger partial charge is 0.322 e. The van der Waals surface area contributed by atoms with Crippen molar-refractivity contribution in [2.45, 2.75) is 18.9 Å². The van der Waals surface area contributed by atoms with Crippen molar-refractivity contribution in [1.82, 2.24) is 14.8 Å². The smallest absolute Gasteiger partial charge is 0.234 e. The number of benzene rings is 1. The molecule has 24 heavy (non-hydrogen) atoms. The molecule has 0 spiro atoms. The fourth-order valence-corrected chi connectivity index (χ4v) is 3.05. The minimum atomic E-state index is -0.0653. The number of thioether (sulfide) groups is 1. The molecule has 6 heteroatoms. The van der Waals surface area contributed by atoms with Crippen LogP contribution in [-0.2, 0) is 4.79 Å². The van der Waals surface area contributed by atoms with Gasteiger partial charge in [0.15, 0.2) is 0 Å². The Morgan fingerprint density at radius 3 is 2.58 bits per heavy atom. The van der Waals surface area contributed by atoms with Crippen LogP contribution < -0.4 is 5.32 Å². The van der Waals surface area contributed by atoms with E-state index in [4.69, 9.17) is 0 Å². The van der Waals surface area contributed by atoms with Crippen LogP contribution in [-0.4, -0.2) is 26.4 Å². The fraction of sp³-hybridized carbons (Fsp3) is 0.167. The van der Waals surface area contributed by atoms with Crippen molar-refractivity contribution in [3.63, 3.8) is 0 Å². The minimum Gasteiger partial charge on any atom is -0.322 e. The molecule has 0 bridgehead atoms. The van der Waals surface area contributed by atoms with E-state index >= 15 is 0 Å². The minimum absolute atomic E-state index is 0.0653. The highest BCUT2D eigenvalue weighted by Crippen LogP contribution is 2.23. The van der Waals surface area contributed by atoms with Crippen molar-refractivity contribution in [2.24, 2.45) is 0 Å². The van der Waals surface area contributed by atoms with Crippen LogP contribution in [0.4, 0.5) is 5.69 Å². The summed E-state index contributed by atoms with van der Waals surface area (Å²) < 4.78 is 1.84. The Balaban J connectivity index is 1.71. The van der Waals surface area contributed by atoms with Crippen LogP contribution in [0, 0.1) is 13.8 Å². The number of aryl methyl sites for hydroxylation is 1. The van der Waals surface area contributed by atoms with Crippen molar-refractivity contribution in [1.29, 1.82) is 0 Å². The number of carbonyl (C=O) groups is 1. The second kappa shape index (κ2) is 7.31. The van der Waals surface area contributed by atoms with Crippen LogP contribution in [0.15, 0.2) is 59.8 Å². The van der Waals surface area contributed by atoms with Crippen molar-refractivity contribution >= 4 is 23.4 Å². The van der Waals surface area contributed by atoms with Crippen molar-refractivity contribution < 1.29 is 4.79 Å². The molecule has 3 rings (SSSR count). The van der Waals surface area contributed by atoms with Crippen LogP contribution in [0.5, 0.6) is 0 Å². The Morgan fingerprint density at radius 2 is 1.88 bits per heavy atom. The van der Waals surface area contributed by atoms with Crippen molar-refractivity contribution in [3.8, 4) is 5.69 Å². The molecular formula is C18H18N4OS. The molecule has 0 saturated carbocycles. The number of hydrogen-bond acceptors (Lipinski definition) is 4. The summed E-state index contributed by atoms with van der Waals surface area (Å²) in [5.41, 5.74) is 3.45. The maximum Gasteiger partial charge on any atom is 0.234 e. The number of aromatic nitrogens is 3. The predicted molar refractivity (Wildman–Crippen MR) is 96.6 cm³/mol. The van der Waals surface area contributed by atoms with Gasteiger partial charge in [-0.3, -0.25) is 4.79 Å². The highest BCUT2D eigenvalue weighted by atomic mass is 32.2. The molecule has 0 aliphatic heterocycles. The van der Waals surface area contributed by atoms with E-state index in [0.717, 1.165) is 27.8 Å². The van der Waals surface area contributed by atoms with Gasteiger partial charge in [-0.1, -0.05) is 36.0 Å². The summed E-state index contributed by atoms with van der Waals surface area (Å²) in [5.74, 6) is 0.247. The van der Waals surface area contributed by atoms with Crippen LogP contribution in [0.1, 0.15) is 11.4 Å². The third-order valence-electron chi connectivity index (χ3n) is 3.55. The van der Waals surface area contributed by atoms with Gasteiger partial charge in [-0.05, 0) is 38.1 Å². The molecule has 2 heterocycles. The zero-order chi connectivity index (χ0) is 16.9. The first-order valence-corrected chi connectivity index (χ1v) is 8.59. The van der Waals surface area contributed by atoms with Crippen molar-refractivity contribution in [3.05, 3.63) is 66.1 Å². The average Bonchev–Trinajstić information content (AvgIpc) is 2.90. The van der Waals surface area contributed by atoms with Crippen LogP contribution in [0.3, 0.4) is 0 Å². The Hall–Kier alpha value is -2.60. The van der Waals surface area contributed by atoms with E-state index in [1.54, 1.807) is 6.20 Å². The number of carbonyl (C=O) groups excluding carboxylic acids is 1. The molecule has 1 aromatic carbocycles. The third kappa shape index (κ3) is 3.65. The number of rotatable bonds is 5. The van der Waals surface area contributed by atoms with Crippen molar-refractivity contribution in [2.75, 3.05) is 11.1 Å². The number of nitrogens with zero attached hydrogens (tertiary/aromatic N) is 3. The Kier molecular flexibility index (Phi) is 4.96. The molecule has 0 radical (unpaired) electrons. The number of amides is 1. The lowest BCUT2D eigenvalue weighted by atomic mass is 10.3. The van der Waals surface area contributed by atoms with Crippen LogP contribution >= 0.6 is 11.8 Å². The van der Waals surface area contributed by atoms with E-state index in [2.05, 4.69) is 15.4 Å². The lowest BCUT2D eigenvalue weighted by molar-refractivity contribution is -0.113. The summed E-state index contributed by atoms with van der Waals surface area (Å²) in [5, 5.41) is 8.34. The summed E-state index contributed by atoms with van der Waals surface area (Å²) in [6, 6.07) is 15.5. The molecule has 3 aromatic rings. The van der Waals surface area contributed by atoms with Gasteiger partial charge < -0.3 is 5.32 Å². The highest BCUT2D eigenvalue weighted by Gasteiger charge is 2.15. The van der Waals surface area contributed by atoms with Crippen LogP contribution in [0.2, 0.25) is 0 Å². The van der Waals surface area contributed by atoms with Gasteiger partial charge in [0, 0.05) is 6.20 Å². The first kappa shape index (κ1) is 16.3. The molecule has 2 aromatic heterocycles. The van der Waals surface area contributed by atoms with E-state index in [1.807, 2.05) is 67.1 Å². The number of para-hydroxylation sites is 1. The van der Waals surface area contributed by atoms with E-state index in [1.165, 1.54) is 11.8 Å². The Morgan fingerprint density at radius 1 is 1.12 bits per heavy atom. The van der Waals surface area contributed by atoms with Gasteiger partial charge in [0.1, 0.15) is 0 Å². The summed E-state index contributed by atoms with van der Waals surface area (Å²) in [4.78, 5) is 16.4. The number of anilines is 1. The van der Waals surface area contributed by atoms with E-state index < -0.39 is 0 Å². The molecule has 0 aliphatic carbocycles. The monoisotopic (exact) mass is 338 g/mol. The lowest BCUT2D eigenvalue weighted by Gasteiger charge is -2.07. The third-order valence-corrected chi connectivity index (χ3v) is 4.49. The molecule has 0 saturated heterocycles. The standard InChI is InChI=1S/C18H18N4OS/c1-13-18(14(2)22(21-13)15-8-4-3-5-9-15)20-16(23)12-24-17-10-6-7-11-19-17/h3-11H,12H2,1-2H3,(H,20,23). The Labute approximate surface area is 145 Å². The second-order valence-corrected chi connectivity index (χ2v) is 6.29. The molecule has 0 aliphatic rings. The zero-order valence-corrected chi connectivity index (χ0v) is 14.4. The first-order chi connectivity index (χ1) is 11.6. The molecular weight excluding hydrogens is 320 g/mol. The van der Waals surface area contributed by atoms with Gasteiger partial charge >= 0.3 is 0 Å². The summed E-state index contributed by atoms with van der Waals surface area (Å²) in [6.45, 7) is 3.85. The van der Waals surface area contributed by atoms with E-state index in [9.17, 15) is 4.79 Å². The maximum absolute atomic E-state index is 12.2. The molecule has 0 unspecified atom stereocenters. The van der Waals surface area contributed by atoms with Gasteiger partial charge in [0.05, 0.1) is 33.5 Å². The molecule has 122 valence electrons. The van der Waals surface area contributed by atoms with Gasteiger partial charge in [-0.15, -0.1) is 0 Å². The van der Waals surface area contributed by atoms with Gasteiger partial charge in [-0.2, -0.15) is 5.10 Å². The van der Waals surface area contributed by atoms with Gasteiger partial charge in [-0.25, -0.2) is 9.67 Å². The predicted octanol–water partition coefficient (Wildman–Crippen LogP) is 3.61. The van der Waals surface area contributed by atoms with Gasteiger partial charge in [0.25, 0.3) is 0 Å².